The van der Waals surface area contributed by atoms with Gasteiger partial charge in [-0.15, -0.1) is 0 Å². The molecule has 246 valence electrons. The van der Waals surface area contributed by atoms with Gasteiger partial charge in [0.15, 0.2) is 0 Å². The molecule has 0 amide bonds. The maximum atomic E-state index is 5.72. The van der Waals surface area contributed by atoms with Gasteiger partial charge in [-0.25, -0.2) is 0 Å². The van der Waals surface area contributed by atoms with E-state index in [1.54, 1.807) is 5.57 Å². The third-order valence-corrected chi connectivity index (χ3v) is 11.1. The van der Waals surface area contributed by atoms with Gasteiger partial charge in [-0.2, -0.15) is 0 Å². The Hall–Kier alpha value is -2.42. The summed E-state index contributed by atoms with van der Waals surface area (Å²) < 4.78 is 0. The fraction of sp³-hybridized carbons (Fsp3) is 0.581. The van der Waals surface area contributed by atoms with Crippen LogP contribution in [0.25, 0.3) is 0 Å². The van der Waals surface area contributed by atoms with E-state index in [0.29, 0.717) is 23.8 Å². The summed E-state index contributed by atoms with van der Waals surface area (Å²) in [6.45, 7) is 13.4. The average molecular weight is 609 g/mol. The highest BCUT2D eigenvalue weighted by atomic mass is 14.9. The third-order valence-electron chi connectivity index (χ3n) is 11.1. The van der Waals surface area contributed by atoms with E-state index in [1.807, 2.05) is 0 Å². The molecule has 2 heteroatoms. The molecule has 0 aromatic rings. The Morgan fingerprint density at radius 1 is 1.00 bits per heavy atom. The van der Waals surface area contributed by atoms with Crippen molar-refractivity contribution in [3.63, 3.8) is 0 Å². The van der Waals surface area contributed by atoms with Gasteiger partial charge in [0.05, 0.1) is 0 Å². The summed E-state index contributed by atoms with van der Waals surface area (Å²) in [7, 11) is 0. The van der Waals surface area contributed by atoms with Gasteiger partial charge in [0.2, 0.25) is 0 Å². The topological polar surface area (TPSA) is 38.0 Å². The Kier molecular flexibility index (Phi) is 15.2. The van der Waals surface area contributed by atoms with Crippen molar-refractivity contribution in [2.75, 3.05) is 13.1 Å². The molecule has 0 radical (unpaired) electrons. The van der Waals surface area contributed by atoms with Crippen molar-refractivity contribution in [1.82, 2.24) is 5.32 Å². The molecule has 6 unspecified atom stereocenters. The van der Waals surface area contributed by atoms with Crippen LogP contribution in [0.3, 0.4) is 0 Å². The Morgan fingerprint density at radius 2 is 1.84 bits per heavy atom. The molecule has 0 bridgehead atoms. The largest absolute Gasteiger partial charge is 0.330 e. The van der Waals surface area contributed by atoms with Crippen molar-refractivity contribution in [1.29, 1.82) is 0 Å². The molecule has 0 saturated heterocycles. The first-order valence-corrected chi connectivity index (χ1v) is 18.5. The Balaban J connectivity index is 1.40. The van der Waals surface area contributed by atoms with Gasteiger partial charge in [0, 0.05) is 12.6 Å². The molecule has 1 fully saturated rings. The molecule has 4 aliphatic carbocycles. The summed E-state index contributed by atoms with van der Waals surface area (Å²) in [5, 5.41) is 3.93. The zero-order chi connectivity index (χ0) is 31.9. The molecule has 0 heterocycles. The van der Waals surface area contributed by atoms with Gasteiger partial charge in [-0.1, -0.05) is 111 Å². The molecular weight excluding hydrogens is 544 g/mol. The van der Waals surface area contributed by atoms with Crippen LogP contribution in [-0.2, 0) is 0 Å². The van der Waals surface area contributed by atoms with Crippen LogP contribution >= 0.6 is 0 Å². The van der Waals surface area contributed by atoms with Crippen LogP contribution in [0, 0.1) is 29.6 Å². The van der Waals surface area contributed by atoms with Gasteiger partial charge in [0.1, 0.15) is 0 Å². The van der Waals surface area contributed by atoms with Crippen molar-refractivity contribution in [2.24, 2.45) is 35.3 Å². The van der Waals surface area contributed by atoms with Gasteiger partial charge in [0.25, 0.3) is 0 Å². The number of nitrogens with one attached hydrogen (secondary N) is 1. The second-order valence-electron chi connectivity index (χ2n) is 14.2. The Morgan fingerprint density at radius 3 is 2.64 bits per heavy atom. The first kappa shape index (κ1) is 35.4. The van der Waals surface area contributed by atoms with E-state index in [-0.39, 0.29) is 0 Å². The molecule has 6 atom stereocenters. The maximum Gasteiger partial charge on any atom is 0.0296 e. The van der Waals surface area contributed by atoms with Crippen LogP contribution in [0.5, 0.6) is 0 Å². The summed E-state index contributed by atoms with van der Waals surface area (Å²) in [6.07, 6.45) is 45.5. The normalized spacial score (nSPS) is 27.2. The highest BCUT2D eigenvalue weighted by Gasteiger charge is 2.38. The summed E-state index contributed by atoms with van der Waals surface area (Å²) in [5.74, 6) is 3.55. The van der Waals surface area contributed by atoms with E-state index in [4.69, 9.17) is 5.73 Å². The Labute approximate surface area is 277 Å². The number of unbranched alkanes of at least 4 members (excludes halogenated alkanes) is 2. The summed E-state index contributed by atoms with van der Waals surface area (Å²) in [6, 6.07) is 0.394. The van der Waals surface area contributed by atoms with E-state index in [1.165, 1.54) is 73.7 Å². The first-order valence-electron chi connectivity index (χ1n) is 18.5. The number of fused-ring (bicyclic) bond motifs is 1. The summed E-state index contributed by atoms with van der Waals surface area (Å²) in [4.78, 5) is 0. The fourth-order valence-corrected chi connectivity index (χ4v) is 8.15. The van der Waals surface area contributed by atoms with E-state index < -0.39 is 0 Å². The smallest absolute Gasteiger partial charge is 0.0296 e. The second kappa shape index (κ2) is 19.3. The standard InChI is InChI=1S/C43H64N2/c1-5-7-9-18-37-27-29-41(43-21-14-13-20-42(37)43)34(4)23-25-39(33(3)22-24-35(6-2)16-10-8-15-30-44)32-45-40-28-26-36-17-11-12-19-38(36)31-40/h6-7,9,12-14,19-21,25-26,28,34,37,40-43,45H,3,5,8,10-11,15-18,22-24,27,29-32,44H2,1-2,4H3/b9-7-,35-6-,39-25+. The molecule has 4 aliphatic rings. The number of hydrogen-bond donors (Lipinski definition) is 2. The van der Waals surface area contributed by atoms with Gasteiger partial charge >= 0.3 is 0 Å². The van der Waals surface area contributed by atoms with E-state index in [2.05, 4.69) is 106 Å². The minimum Gasteiger partial charge on any atom is -0.330 e. The zero-order valence-electron chi connectivity index (χ0n) is 29.0. The van der Waals surface area contributed by atoms with Gasteiger partial charge in [-0.3, -0.25) is 0 Å². The SMILES string of the molecule is C=C(CC/C(=C\C)CCCCCN)/C(=C/CC(C)C1CCC(C/C=C\CC)C2C=CC=CC21)CNC1C=CC2=C(C=CCC2)C1. The molecule has 0 spiro atoms. The predicted octanol–water partition coefficient (Wildman–Crippen LogP) is 11.0. The average Bonchev–Trinajstić information content (AvgIpc) is 3.07. The van der Waals surface area contributed by atoms with Crippen LogP contribution in [0.1, 0.15) is 111 Å². The lowest BCUT2D eigenvalue weighted by Gasteiger charge is -2.44. The van der Waals surface area contributed by atoms with E-state index in [0.717, 1.165) is 63.5 Å². The minimum absolute atomic E-state index is 0.394. The second-order valence-corrected chi connectivity index (χ2v) is 14.2. The first-order chi connectivity index (χ1) is 22.0. The lowest BCUT2D eigenvalue weighted by Crippen LogP contribution is -2.36. The molecule has 0 aliphatic heterocycles. The van der Waals surface area contributed by atoms with Crippen molar-refractivity contribution < 1.29 is 0 Å². The van der Waals surface area contributed by atoms with Crippen molar-refractivity contribution in [2.45, 2.75) is 117 Å². The molecule has 4 rings (SSSR count). The number of hydrogen-bond acceptors (Lipinski definition) is 2. The van der Waals surface area contributed by atoms with Crippen LogP contribution < -0.4 is 11.1 Å². The lowest BCUT2D eigenvalue weighted by atomic mass is 9.61. The van der Waals surface area contributed by atoms with Crippen molar-refractivity contribution >= 4 is 0 Å². The Bertz CT molecular complexity index is 1180. The summed E-state index contributed by atoms with van der Waals surface area (Å²) in [5.41, 5.74) is 13.1. The molecule has 0 aromatic heterocycles. The van der Waals surface area contributed by atoms with Crippen molar-refractivity contribution in [3.8, 4) is 0 Å². The quantitative estimate of drug-likeness (QED) is 0.0923. The number of nitrogens with two attached hydrogens (primary N) is 1. The molecule has 1 saturated carbocycles. The van der Waals surface area contributed by atoms with E-state index >= 15 is 0 Å². The van der Waals surface area contributed by atoms with Crippen molar-refractivity contribution in [3.05, 3.63) is 107 Å². The third kappa shape index (κ3) is 10.8. The summed E-state index contributed by atoms with van der Waals surface area (Å²) >= 11 is 0. The van der Waals surface area contributed by atoms with Gasteiger partial charge in [-0.05, 0) is 143 Å². The minimum atomic E-state index is 0.394. The van der Waals surface area contributed by atoms with Crippen LogP contribution in [-0.4, -0.2) is 19.1 Å². The molecule has 45 heavy (non-hydrogen) atoms. The molecular formula is C43H64N2. The zero-order valence-corrected chi connectivity index (χ0v) is 29.0. The van der Waals surface area contributed by atoms with Crippen LogP contribution in [0.2, 0.25) is 0 Å². The molecule has 0 aromatic carbocycles. The van der Waals surface area contributed by atoms with E-state index in [9.17, 15) is 0 Å². The maximum absolute atomic E-state index is 5.72. The number of allylic oxidation sites excluding steroid dienone is 13. The highest BCUT2D eigenvalue weighted by Crippen LogP contribution is 2.47. The molecule has 2 nitrogen and oxygen atoms in total. The van der Waals surface area contributed by atoms with Gasteiger partial charge < -0.3 is 11.1 Å². The van der Waals surface area contributed by atoms with Crippen LogP contribution in [0.15, 0.2) is 107 Å². The fourth-order valence-electron chi connectivity index (χ4n) is 8.15. The van der Waals surface area contributed by atoms with Crippen LogP contribution in [0.4, 0.5) is 0 Å². The molecule has 3 N–H and O–H groups in total. The highest BCUT2D eigenvalue weighted by molar-refractivity contribution is 5.41. The monoisotopic (exact) mass is 609 g/mol. The lowest BCUT2D eigenvalue weighted by molar-refractivity contribution is 0.115. The number of rotatable bonds is 18. The predicted molar refractivity (Wildman–Crippen MR) is 198 cm³/mol.